The van der Waals surface area contributed by atoms with Crippen molar-refractivity contribution >= 4 is 34.0 Å². The lowest BCUT2D eigenvalue weighted by molar-refractivity contribution is 0.177. The van der Waals surface area contributed by atoms with Crippen molar-refractivity contribution < 1.29 is 13.2 Å². The summed E-state index contributed by atoms with van der Waals surface area (Å²) in [5.74, 6) is 0.877. The maximum Gasteiger partial charge on any atom is 0.244 e. The van der Waals surface area contributed by atoms with Crippen molar-refractivity contribution in [2.45, 2.75) is 43.5 Å². The van der Waals surface area contributed by atoms with Gasteiger partial charge in [-0.3, -0.25) is 0 Å². The molecule has 2 rings (SSSR count). The summed E-state index contributed by atoms with van der Waals surface area (Å²) in [6, 6.07) is 4.61. The number of hydrogen-bond acceptors (Lipinski definition) is 4. The molecule has 0 aromatic heterocycles. The lowest BCUT2D eigenvalue weighted by Crippen LogP contribution is -2.29. The van der Waals surface area contributed by atoms with Gasteiger partial charge < -0.3 is 10.5 Å². The van der Waals surface area contributed by atoms with Gasteiger partial charge in [0.2, 0.25) is 10.0 Å². The summed E-state index contributed by atoms with van der Waals surface area (Å²) in [7, 11) is -3.66. The Morgan fingerprint density at radius 1 is 1.43 bits per heavy atom. The van der Waals surface area contributed by atoms with Gasteiger partial charge in [-0.05, 0) is 50.3 Å². The number of nitrogens with one attached hydrogen (secondary N) is 1. The largest absolute Gasteiger partial charge is 0.492 e. The van der Waals surface area contributed by atoms with Crippen LogP contribution in [0.3, 0.4) is 0 Å². The van der Waals surface area contributed by atoms with Crippen LogP contribution < -0.4 is 15.2 Å². The number of ether oxygens (including phenoxy) is 1. The number of rotatable bonds is 8. The number of hydrogen-bond donors (Lipinski definition) is 2. The Bertz CT molecular complexity index is 605. The first-order valence-electron chi connectivity index (χ1n) is 7.56. The summed E-state index contributed by atoms with van der Waals surface area (Å²) in [6.07, 6.45) is 4.07. The number of halogens is 2. The Kier molecular flexibility index (Phi) is 8.10. The minimum Gasteiger partial charge on any atom is -0.492 e. The molecule has 1 aromatic rings. The smallest absolute Gasteiger partial charge is 0.244 e. The summed E-state index contributed by atoms with van der Waals surface area (Å²) in [5, 5.41) is 0.364. The van der Waals surface area contributed by atoms with Gasteiger partial charge in [0.1, 0.15) is 10.6 Å². The molecule has 5 nitrogen and oxygen atoms in total. The molecule has 132 valence electrons. The first kappa shape index (κ1) is 20.5. The molecule has 23 heavy (non-hydrogen) atoms. The molecule has 3 N–H and O–H groups in total. The van der Waals surface area contributed by atoms with Gasteiger partial charge in [-0.1, -0.05) is 18.0 Å². The molecule has 1 aromatic carbocycles. The third-order valence-corrected chi connectivity index (χ3v) is 5.50. The van der Waals surface area contributed by atoms with Crippen LogP contribution >= 0.6 is 24.0 Å². The molecule has 1 aliphatic carbocycles. The molecule has 0 amide bonds. The molecule has 0 spiro atoms. The highest BCUT2D eigenvalue weighted by Crippen LogP contribution is 2.31. The van der Waals surface area contributed by atoms with E-state index in [9.17, 15) is 8.42 Å². The predicted octanol–water partition coefficient (Wildman–Crippen LogP) is 2.96. The average molecular weight is 383 g/mol. The van der Waals surface area contributed by atoms with E-state index in [0.29, 0.717) is 29.7 Å². The quantitative estimate of drug-likeness (QED) is 0.723. The molecule has 0 heterocycles. The van der Waals surface area contributed by atoms with Gasteiger partial charge in [0.25, 0.3) is 0 Å². The van der Waals surface area contributed by atoms with Crippen molar-refractivity contribution in [3.63, 3.8) is 0 Å². The van der Waals surface area contributed by atoms with Crippen LogP contribution in [0.4, 0.5) is 0 Å². The van der Waals surface area contributed by atoms with Crippen molar-refractivity contribution in [1.82, 2.24) is 4.72 Å². The van der Waals surface area contributed by atoms with Gasteiger partial charge in [0, 0.05) is 17.6 Å². The summed E-state index contributed by atoms with van der Waals surface area (Å²) < 4.78 is 33.1. The number of sulfonamides is 1. The maximum absolute atomic E-state index is 12.4. The fourth-order valence-corrected chi connectivity index (χ4v) is 3.63. The second kappa shape index (κ2) is 9.08. The minimum absolute atomic E-state index is 0. The van der Waals surface area contributed by atoms with Crippen LogP contribution in [0.5, 0.6) is 5.75 Å². The van der Waals surface area contributed by atoms with Gasteiger partial charge in [-0.2, -0.15) is 0 Å². The van der Waals surface area contributed by atoms with Crippen LogP contribution in [0.15, 0.2) is 23.1 Å². The monoisotopic (exact) mass is 382 g/mol. The van der Waals surface area contributed by atoms with Crippen LogP contribution in [0.2, 0.25) is 5.02 Å². The lowest BCUT2D eigenvalue weighted by atomic mass is 9.86. The molecule has 1 atom stereocenters. The lowest BCUT2D eigenvalue weighted by Gasteiger charge is -2.25. The van der Waals surface area contributed by atoms with E-state index in [0.717, 1.165) is 12.8 Å². The van der Waals surface area contributed by atoms with Crippen LogP contribution in [0.1, 0.15) is 32.6 Å². The number of benzene rings is 1. The molecule has 0 saturated heterocycles. The fraction of sp³-hybridized carbons (Fsp3) is 0.600. The molecule has 0 radical (unpaired) electrons. The van der Waals surface area contributed by atoms with Crippen molar-refractivity contribution in [2.75, 3.05) is 13.2 Å². The van der Waals surface area contributed by atoms with Crippen LogP contribution in [0.25, 0.3) is 0 Å². The minimum atomic E-state index is -3.66. The second-order valence-corrected chi connectivity index (χ2v) is 8.03. The highest BCUT2D eigenvalue weighted by atomic mass is 35.5. The third-order valence-electron chi connectivity index (χ3n) is 3.79. The summed E-state index contributed by atoms with van der Waals surface area (Å²) in [5.41, 5.74) is 5.64. The Morgan fingerprint density at radius 3 is 2.70 bits per heavy atom. The van der Waals surface area contributed by atoms with E-state index in [4.69, 9.17) is 22.1 Å². The van der Waals surface area contributed by atoms with E-state index in [1.54, 1.807) is 12.1 Å². The van der Waals surface area contributed by atoms with Gasteiger partial charge in [-0.15, -0.1) is 12.4 Å². The zero-order valence-electron chi connectivity index (χ0n) is 13.1. The Hall–Kier alpha value is -0.530. The zero-order chi connectivity index (χ0) is 16.2. The summed E-state index contributed by atoms with van der Waals surface area (Å²) in [4.78, 5) is 0.0870. The fourth-order valence-electron chi connectivity index (χ4n) is 2.18. The first-order chi connectivity index (χ1) is 10.4. The van der Waals surface area contributed by atoms with Crippen molar-refractivity contribution in [3.05, 3.63) is 23.2 Å². The van der Waals surface area contributed by atoms with Gasteiger partial charge in [-0.25, -0.2) is 13.1 Å². The Labute approximate surface area is 149 Å². The molecule has 0 bridgehead atoms. The van der Waals surface area contributed by atoms with E-state index < -0.39 is 10.0 Å². The molecular formula is C15H24Cl2N2O3S. The SMILES string of the molecule is CC(N)CCNS(=O)(=O)c1cc(Cl)ccc1OCC1CCC1.Cl. The van der Waals surface area contributed by atoms with Gasteiger partial charge in [0.15, 0.2) is 0 Å². The highest BCUT2D eigenvalue weighted by molar-refractivity contribution is 7.89. The van der Waals surface area contributed by atoms with E-state index in [2.05, 4.69) is 4.72 Å². The van der Waals surface area contributed by atoms with E-state index in [-0.39, 0.29) is 29.9 Å². The van der Waals surface area contributed by atoms with Crippen LogP contribution in [-0.2, 0) is 10.0 Å². The third kappa shape index (κ3) is 6.12. The molecule has 1 aliphatic rings. The average Bonchev–Trinajstić information content (AvgIpc) is 2.37. The second-order valence-electron chi connectivity index (χ2n) is 5.86. The van der Waals surface area contributed by atoms with Crippen molar-refractivity contribution in [1.29, 1.82) is 0 Å². The molecule has 1 fully saturated rings. The normalized spacial score (nSPS) is 16.3. The first-order valence-corrected chi connectivity index (χ1v) is 9.42. The van der Waals surface area contributed by atoms with Crippen LogP contribution in [-0.4, -0.2) is 27.6 Å². The zero-order valence-corrected chi connectivity index (χ0v) is 15.5. The summed E-state index contributed by atoms with van der Waals surface area (Å²) >= 11 is 5.94. The van der Waals surface area contributed by atoms with E-state index in [1.165, 1.54) is 12.5 Å². The van der Waals surface area contributed by atoms with E-state index in [1.807, 2.05) is 6.92 Å². The molecule has 1 saturated carbocycles. The number of nitrogens with two attached hydrogens (primary N) is 1. The summed E-state index contributed by atoms with van der Waals surface area (Å²) in [6.45, 7) is 2.67. The van der Waals surface area contributed by atoms with Gasteiger partial charge >= 0.3 is 0 Å². The van der Waals surface area contributed by atoms with Crippen molar-refractivity contribution in [3.8, 4) is 5.75 Å². The molecule has 1 unspecified atom stereocenters. The Balaban J connectivity index is 0.00000264. The highest BCUT2D eigenvalue weighted by Gasteiger charge is 2.23. The Morgan fingerprint density at radius 2 is 2.13 bits per heavy atom. The standard InChI is InChI=1S/C15H23ClN2O3S.ClH/c1-11(17)7-8-18-22(19,20)15-9-13(16)5-6-14(15)21-10-12-3-2-4-12;/h5-6,9,11-12,18H,2-4,7-8,10,17H2,1H3;1H. The van der Waals surface area contributed by atoms with Crippen molar-refractivity contribution in [2.24, 2.45) is 11.7 Å². The van der Waals surface area contributed by atoms with Crippen LogP contribution in [0, 0.1) is 5.92 Å². The maximum atomic E-state index is 12.4. The molecule has 8 heteroatoms. The molecular weight excluding hydrogens is 359 g/mol. The van der Waals surface area contributed by atoms with Gasteiger partial charge in [0.05, 0.1) is 6.61 Å². The molecule has 0 aliphatic heterocycles. The predicted molar refractivity (Wildman–Crippen MR) is 95.0 cm³/mol. The topological polar surface area (TPSA) is 81.4 Å². The van der Waals surface area contributed by atoms with E-state index >= 15 is 0 Å².